The van der Waals surface area contributed by atoms with Crippen molar-refractivity contribution < 1.29 is 0 Å². The van der Waals surface area contributed by atoms with Crippen LogP contribution in [0.2, 0.25) is 0 Å². The van der Waals surface area contributed by atoms with E-state index in [4.69, 9.17) is 0 Å². The Morgan fingerprint density at radius 3 is 2.16 bits per heavy atom. The van der Waals surface area contributed by atoms with Crippen LogP contribution in [0.15, 0.2) is 24.3 Å². The summed E-state index contributed by atoms with van der Waals surface area (Å²) in [6, 6.07) is 9.15. The fourth-order valence-corrected chi connectivity index (χ4v) is 2.28. The molecule has 0 unspecified atom stereocenters. The van der Waals surface area contributed by atoms with Gasteiger partial charge in [0.15, 0.2) is 0 Å². The molecule has 2 heteroatoms. The lowest BCUT2D eigenvalue weighted by molar-refractivity contribution is 0.329. The van der Waals surface area contributed by atoms with E-state index >= 15 is 0 Å². The van der Waals surface area contributed by atoms with Gasteiger partial charge in [-0.2, -0.15) is 0 Å². The Labute approximate surface area is 119 Å². The zero-order valence-corrected chi connectivity index (χ0v) is 12.9. The van der Waals surface area contributed by atoms with E-state index in [0.717, 1.165) is 19.5 Å². The van der Waals surface area contributed by atoms with E-state index in [1.165, 1.54) is 43.4 Å². The summed E-state index contributed by atoms with van der Waals surface area (Å²) in [7, 11) is 4.25. The average molecular weight is 262 g/mol. The van der Waals surface area contributed by atoms with E-state index < -0.39 is 0 Å². The van der Waals surface area contributed by atoms with E-state index in [1.807, 2.05) is 7.05 Å². The lowest BCUT2D eigenvalue weighted by atomic mass is 10.1. The summed E-state index contributed by atoms with van der Waals surface area (Å²) >= 11 is 0. The fourth-order valence-electron chi connectivity index (χ4n) is 2.28. The van der Waals surface area contributed by atoms with Crippen molar-refractivity contribution in [1.82, 2.24) is 10.2 Å². The highest BCUT2D eigenvalue weighted by Crippen LogP contribution is 2.07. The summed E-state index contributed by atoms with van der Waals surface area (Å²) < 4.78 is 0. The van der Waals surface area contributed by atoms with Crippen molar-refractivity contribution in [2.45, 2.75) is 39.0 Å². The minimum atomic E-state index is 1.13. The maximum absolute atomic E-state index is 3.20. The standard InChI is InChI=1S/C17H30N2/c1-4-7-16-8-10-17(11-9-16)12-15-19(3)14-6-5-13-18-2/h8-11,18H,4-7,12-15H2,1-3H3. The number of likely N-dealkylation sites (N-methyl/N-ethyl adjacent to an activating group) is 1. The molecule has 0 fully saturated rings. The van der Waals surface area contributed by atoms with Crippen LogP contribution in [0.4, 0.5) is 0 Å². The highest BCUT2D eigenvalue weighted by Gasteiger charge is 2.00. The van der Waals surface area contributed by atoms with Gasteiger partial charge in [0.05, 0.1) is 0 Å². The van der Waals surface area contributed by atoms with Crippen LogP contribution in [0.3, 0.4) is 0 Å². The lowest BCUT2D eigenvalue weighted by Gasteiger charge is -2.16. The van der Waals surface area contributed by atoms with Crippen LogP contribution in [-0.2, 0) is 12.8 Å². The number of unbranched alkanes of at least 4 members (excludes halogenated alkanes) is 1. The normalized spacial score (nSPS) is 11.2. The topological polar surface area (TPSA) is 15.3 Å². The SMILES string of the molecule is CCCc1ccc(CCN(C)CCCCNC)cc1. The Bertz CT molecular complexity index is 319. The molecule has 0 spiro atoms. The van der Waals surface area contributed by atoms with Crippen LogP contribution in [0.5, 0.6) is 0 Å². The molecule has 0 atom stereocenters. The Balaban J connectivity index is 2.20. The smallest absolute Gasteiger partial charge is 0.00188 e. The van der Waals surface area contributed by atoms with Gasteiger partial charge in [-0.25, -0.2) is 0 Å². The van der Waals surface area contributed by atoms with Crippen molar-refractivity contribution in [2.24, 2.45) is 0 Å². The second-order valence-electron chi connectivity index (χ2n) is 5.43. The Kier molecular flexibility index (Phi) is 8.52. The van der Waals surface area contributed by atoms with Gasteiger partial charge in [0.25, 0.3) is 0 Å². The molecular weight excluding hydrogens is 232 g/mol. The summed E-state index contributed by atoms with van der Waals surface area (Å²) in [5, 5.41) is 3.20. The van der Waals surface area contributed by atoms with E-state index in [1.54, 1.807) is 0 Å². The van der Waals surface area contributed by atoms with Gasteiger partial charge in [-0.1, -0.05) is 37.6 Å². The molecule has 108 valence electrons. The van der Waals surface area contributed by atoms with Gasteiger partial charge >= 0.3 is 0 Å². The number of hydrogen-bond donors (Lipinski definition) is 1. The monoisotopic (exact) mass is 262 g/mol. The third kappa shape index (κ3) is 7.34. The molecule has 19 heavy (non-hydrogen) atoms. The summed E-state index contributed by atoms with van der Waals surface area (Å²) in [4.78, 5) is 2.44. The molecule has 0 aromatic heterocycles. The molecule has 1 rings (SSSR count). The van der Waals surface area contributed by atoms with Crippen LogP contribution in [0.25, 0.3) is 0 Å². The van der Waals surface area contributed by atoms with Gasteiger partial charge in [-0.05, 0) is 64.0 Å². The third-order valence-electron chi connectivity index (χ3n) is 3.56. The van der Waals surface area contributed by atoms with E-state index in [-0.39, 0.29) is 0 Å². The maximum Gasteiger partial charge on any atom is 0.00188 e. The summed E-state index contributed by atoms with van der Waals surface area (Å²) in [5.41, 5.74) is 2.92. The Morgan fingerprint density at radius 1 is 0.947 bits per heavy atom. The molecular formula is C17H30N2. The summed E-state index contributed by atoms with van der Waals surface area (Å²) in [6.07, 6.45) is 6.15. The molecule has 0 saturated carbocycles. The maximum atomic E-state index is 3.20. The zero-order valence-electron chi connectivity index (χ0n) is 12.9. The molecule has 0 aliphatic heterocycles. The van der Waals surface area contributed by atoms with E-state index in [2.05, 4.69) is 48.5 Å². The number of nitrogens with zero attached hydrogens (tertiary/aromatic N) is 1. The highest BCUT2D eigenvalue weighted by atomic mass is 15.1. The molecule has 0 aliphatic carbocycles. The minimum absolute atomic E-state index is 1.13. The van der Waals surface area contributed by atoms with Crippen LogP contribution < -0.4 is 5.32 Å². The van der Waals surface area contributed by atoms with Gasteiger partial charge in [-0.15, -0.1) is 0 Å². The van der Waals surface area contributed by atoms with Gasteiger partial charge in [-0.3, -0.25) is 0 Å². The molecule has 0 amide bonds. The molecule has 1 aromatic rings. The largest absolute Gasteiger partial charge is 0.320 e. The van der Waals surface area contributed by atoms with Gasteiger partial charge in [0.2, 0.25) is 0 Å². The lowest BCUT2D eigenvalue weighted by Crippen LogP contribution is -2.23. The van der Waals surface area contributed by atoms with Crippen molar-refractivity contribution in [3.05, 3.63) is 35.4 Å². The third-order valence-corrected chi connectivity index (χ3v) is 3.56. The van der Waals surface area contributed by atoms with Crippen LogP contribution in [-0.4, -0.2) is 38.6 Å². The summed E-state index contributed by atoms with van der Waals surface area (Å²) in [6.45, 7) is 5.73. The van der Waals surface area contributed by atoms with Crippen LogP contribution >= 0.6 is 0 Å². The predicted molar refractivity (Wildman–Crippen MR) is 84.8 cm³/mol. The first-order valence-electron chi connectivity index (χ1n) is 7.67. The second kappa shape index (κ2) is 9.99. The van der Waals surface area contributed by atoms with Crippen molar-refractivity contribution in [2.75, 3.05) is 33.7 Å². The number of benzene rings is 1. The van der Waals surface area contributed by atoms with Crippen molar-refractivity contribution in [3.8, 4) is 0 Å². The van der Waals surface area contributed by atoms with Crippen molar-refractivity contribution in [1.29, 1.82) is 0 Å². The molecule has 0 heterocycles. The van der Waals surface area contributed by atoms with E-state index in [0.29, 0.717) is 0 Å². The quantitative estimate of drug-likeness (QED) is 0.652. The molecule has 0 saturated heterocycles. The minimum Gasteiger partial charge on any atom is -0.320 e. The Hall–Kier alpha value is -0.860. The first-order chi connectivity index (χ1) is 9.26. The molecule has 0 radical (unpaired) electrons. The number of rotatable bonds is 10. The first kappa shape index (κ1) is 16.2. The van der Waals surface area contributed by atoms with Crippen molar-refractivity contribution >= 4 is 0 Å². The van der Waals surface area contributed by atoms with Gasteiger partial charge in [0, 0.05) is 6.54 Å². The molecule has 0 bridgehead atoms. The zero-order chi connectivity index (χ0) is 13.9. The van der Waals surface area contributed by atoms with Gasteiger partial charge in [0.1, 0.15) is 0 Å². The second-order valence-corrected chi connectivity index (χ2v) is 5.43. The fraction of sp³-hybridized carbons (Fsp3) is 0.647. The molecule has 1 N–H and O–H groups in total. The van der Waals surface area contributed by atoms with E-state index in [9.17, 15) is 0 Å². The number of nitrogens with one attached hydrogen (secondary N) is 1. The number of hydrogen-bond acceptors (Lipinski definition) is 2. The molecule has 1 aromatic carbocycles. The van der Waals surface area contributed by atoms with Crippen LogP contribution in [0, 0.1) is 0 Å². The first-order valence-corrected chi connectivity index (χ1v) is 7.67. The number of aryl methyl sites for hydroxylation is 1. The summed E-state index contributed by atoms with van der Waals surface area (Å²) in [5.74, 6) is 0. The van der Waals surface area contributed by atoms with Crippen molar-refractivity contribution in [3.63, 3.8) is 0 Å². The predicted octanol–water partition coefficient (Wildman–Crippen LogP) is 3.11. The van der Waals surface area contributed by atoms with Crippen LogP contribution in [0.1, 0.15) is 37.3 Å². The average Bonchev–Trinajstić information content (AvgIpc) is 2.43. The molecule has 2 nitrogen and oxygen atoms in total. The molecule has 0 aliphatic rings. The highest BCUT2D eigenvalue weighted by molar-refractivity contribution is 5.22. The van der Waals surface area contributed by atoms with Gasteiger partial charge < -0.3 is 10.2 Å². The Morgan fingerprint density at radius 2 is 1.58 bits per heavy atom.